The number of aromatic nitrogens is 3. The van der Waals surface area contributed by atoms with Crippen LogP contribution in [0.15, 0.2) is 36.7 Å². The molecule has 3 aromatic rings. The van der Waals surface area contributed by atoms with E-state index in [1.165, 1.54) is 6.33 Å². The summed E-state index contributed by atoms with van der Waals surface area (Å²) >= 11 is 0. The van der Waals surface area contributed by atoms with Crippen LogP contribution in [-0.4, -0.2) is 58.3 Å². The molecular formula is C20H18F5N5O2. The van der Waals surface area contributed by atoms with Crippen LogP contribution in [0.3, 0.4) is 0 Å². The highest BCUT2D eigenvalue weighted by atomic mass is 19.4. The maximum absolute atomic E-state index is 13.2. The van der Waals surface area contributed by atoms with Crippen molar-refractivity contribution in [2.75, 3.05) is 25.0 Å². The monoisotopic (exact) mass is 455 g/mol. The number of nitrogens with one attached hydrogen (secondary N) is 2. The van der Waals surface area contributed by atoms with Gasteiger partial charge in [0.25, 0.3) is 0 Å². The lowest BCUT2D eigenvalue weighted by Gasteiger charge is -2.48. The maximum atomic E-state index is 13.2. The molecule has 0 bridgehead atoms. The lowest BCUT2D eigenvalue weighted by molar-refractivity contribution is -0.203. The molecule has 0 unspecified atom stereocenters. The van der Waals surface area contributed by atoms with Crippen LogP contribution in [0.4, 0.5) is 27.8 Å². The summed E-state index contributed by atoms with van der Waals surface area (Å²) < 4.78 is 74.9. The lowest BCUT2D eigenvalue weighted by atomic mass is 9.92. The Labute approximate surface area is 178 Å². The fraction of sp³-hybridized carbons (Fsp3) is 0.400. The van der Waals surface area contributed by atoms with E-state index in [2.05, 4.69) is 25.0 Å². The Hall–Kier alpha value is -2.99. The molecule has 12 heteroatoms. The molecule has 1 fully saturated rings. The summed E-state index contributed by atoms with van der Waals surface area (Å²) in [7, 11) is 0. The number of fused-ring (bicyclic) bond motifs is 2. The zero-order valence-corrected chi connectivity index (χ0v) is 16.4. The first-order valence-electron chi connectivity index (χ1n) is 9.86. The molecule has 1 saturated heterocycles. The molecule has 0 saturated carbocycles. The van der Waals surface area contributed by atoms with E-state index in [4.69, 9.17) is 4.74 Å². The van der Waals surface area contributed by atoms with Crippen LogP contribution in [-0.2, 0) is 10.9 Å². The van der Waals surface area contributed by atoms with E-state index in [9.17, 15) is 22.0 Å². The highest BCUT2D eigenvalue weighted by Crippen LogP contribution is 2.39. The molecule has 170 valence electrons. The van der Waals surface area contributed by atoms with E-state index in [0.29, 0.717) is 18.8 Å². The Kier molecular flexibility index (Phi) is 5.13. The Morgan fingerprint density at radius 3 is 2.72 bits per heavy atom. The number of rotatable bonds is 5. The second kappa shape index (κ2) is 7.85. The number of hydrogen-bond donors (Lipinski definition) is 2. The molecule has 2 aromatic heterocycles. The predicted molar refractivity (Wildman–Crippen MR) is 103 cm³/mol. The summed E-state index contributed by atoms with van der Waals surface area (Å²) in [6.07, 6.45) is -3.96. The van der Waals surface area contributed by atoms with E-state index >= 15 is 0 Å². The van der Waals surface area contributed by atoms with Gasteiger partial charge in [0, 0.05) is 18.7 Å². The molecule has 2 aliphatic rings. The second-order valence-corrected chi connectivity index (χ2v) is 7.68. The first-order chi connectivity index (χ1) is 15.3. The third kappa shape index (κ3) is 3.84. The molecule has 2 aliphatic heterocycles. The summed E-state index contributed by atoms with van der Waals surface area (Å²) in [5, 5.41) is 3.45. The number of anilines is 1. The minimum absolute atomic E-state index is 0.0565. The summed E-state index contributed by atoms with van der Waals surface area (Å²) in [6.45, 7) is -1.99. The first-order valence-corrected chi connectivity index (χ1v) is 9.86. The van der Waals surface area contributed by atoms with Gasteiger partial charge in [-0.25, -0.2) is 9.97 Å². The zero-order valence-electron chi connectivity index (χ0n) is 16.4. The summed E-state index contributed by atoms with van der Waals surface area (Å²) in [6, 6.07) is 7.58. The van der Waals surface area contributed by atoms with Crippen LogP contribution < -0.4 is 10.1 Å². The number of halogens is 5. The third-order valence-electron chi connectivity index (χ3n) is 5.71. The number of nitrogens with zero attached hydrogens (tertiary/aromatic N) is 3. The van der Waals surface area contributed by atoms with Crippen molar-refractivity contribution in [3.63, 3.8) is 0 Å². The fourth-order valence-corrected chi connectivity index (χ4v) is 4.16. The van der Waals surface area contributed by atoms with Gasteiger partial charge in [0.15, 0.2) is 0 Å². The predicted octanol–water partition coefficient (Wildman–Crippen LogP) is 3.81. The smallest absolute Gasteiger partial charge is 0.431 e. The van der Waals surface area contributed by atoms with Crippen LogP contribution in [0.5, 0.6) is 5.75 Å². The van der Waals surface area contributed by atoms with Crippen LogP contribution >= 0.6 is 0 Å². The quantitative estimate of drug-likeness (QED) is 0.570. The second-order valence-electron chi connectivity index (χ2n) is 7.68. The number of benzene rings is 1. The normalized spacial score (nSPS) is 21.9. The minimum atomic E-state index is -4.55. The number of para-hydroxylation sites is 1. The molecular weight excluding hydrogens is 437 g/mol. The van der Waals surface area contributed by atoms with Crippen molar-refractivity contribution in [2.24, 2.45) is 0 Å². The van der Waals surface area contributed by atoms with Gasteiger partial charge in [-0.1, -0.05) is 18.2 Å². The van der Waals surface area contributed by atoms with Gasteiger partial charge in [0.2, 0.25) is 0 Å². The zero-order chi connectivity index (χ0) is 22.5. The van der Waals surface area contributed by atoms with Gasteiger partial charge in [-0.15, -0.1) is 0 Å². The molecule has 0 spiro atoms. The maximum Gasteiger partial charge on any atom is 0.431 e. The van der Waals surface area contributed by atoms with Crippen molar-refractivity contribution >= 4 is 16.9 Å². The van der Waals surface area contributed by atoms with Crippen molar-refractivity contribution in [1.29, 1.82) is 0 Å². The average Bonchev–Trinajstić information content (AvgIpc) is 3.17. The van der Waals surface area contributed by atoms with Gasteiger partial charge in [-0.2, -0.15) is 22.0 Å². The number of aromatic amines is 1. The highest BCUT2D eigenvalue weighted by molar-refractivity contribution is 5.88. The molecule has 0 amide bonds. The van der Waals surface area contributed by atoms with Crippen LogP contribution in [0, 0.1) is 0 Å². The number of hydrogen-bond acceptors (Lipinski definition) is 6. The lowest BCUT2D eigenvalue weighted by Crippen LogP contribution is -2.61. The van der Waals surface area contributed by atoms with Crippen LogP contribution in [0.1, 0.15) is 17.3 Å². The number of ether oxygens (including phenoxy) is 2. The van der Waals surface area contributed by atoms with E-state index in [-0.39, 0.29) is 29.5 Å². The Bertz CT molecular complexity index is 1120. The van der Waals surface area contributed by atoms with Crippen molar-refractivity contribution in [2.45, 2.75) is 31.0 Å². The average molecular weight is 455 g/mol. The molecule has 32 heavy (non-hydrogen) atoms. The standard InChI is InChI=1S/C20H18F5N5O2/c21-19(22)32-10-6-30(7-10)13-8-31-14-4-2-1-3-11(14)16(13)29-18-12-5-15(20(23,24)25)28-17(12)26-9-27-18/h1-5,9-10,13,16,19H,6-8H2,(H2,26,27,28,29)/t13-,16-/m0/s1. The first kappa shape index (κ1) is 20.9. The van der Waals surface area contributed by atoms with E-state index in [1.807, 2.05) is 23.1 Å². The largest absolute Gasteiger partial charge is 0.491 e. The SMILES string of the molecule is FC(F)OC1CN([C@H]2COc3ccccc3[C@@H]2Nc2ncnc3[nH]c(C(F)(F)F)cc23)C1. The van der Waals surface area contributed by atoms with Gasteiger partial charge in [0.1, 0.15) is 35.8 Å². The topological polar surface area (TPSA) is 75.3 Å². The van der Waals surface area contributed by atoms with Crippen molar-refractivity contribution < 1.29 is 31.4 Å². The van der Waals surface area contributed by atoms with Gasteiger partial charge in [0.05, 0.1) is 23.6 Å². The number of alkyl halides is 5. The summed E-state index contributed by atoms with van der Waals surface area (Å²) in [5.41, 5.74) is -0.0731. The van der Waals surface area contributed by atoms with E-state index in [1.54, 1.807) is 6.07 Å². The summed E-state index contributed by atoms with van der Waals surface area (Å²) in [5.74, 6) is 0.867. The molecule has 7 nitrogen and oxygen atoms in total. The minimum Gasteiger partial charge on any atom is -0.491 e. The van der Waals surface area contributed by atoms with Crippen LogP contribution in [0.25, 0.3) is 11.0 Å². The van der Waals surface area contributed by atoms with Gasteiger partial charge in [-0.05, 0) is 12.1 Å². The summed E-state index contributed by atoms with van der Waals surface area (Å²) in [4.78, 5) is 12.3. The van der Waals surface area contributed by atoms with E-state index < -0.39 is 30.6 Å². The molecule has 4 heterocycles. The van der Waals surface area contributed by atoms with Gasteiger partial charge in [-0.3, -0.25) is 4.90 Å². The van der Waals surface area contributed by atoms with Crippen LogP contribution in [0.2, 0.25) is 0 Å². The molecule has 0 radical (unpaired) electrons. The Balaban J connectivity index is 1.46. The number of likely N-dealkylation sites (tertiary alicyclic amines) is 1. The van der Waals surface area contributed by atoms with E-state index in [0.717, 1.165) is 11.6 Å². The Morgan fingerprint density at radius 2 is 1.97 bits per heavy atom. The van der Waals surface area contributed by atoms with Gasteiger partial charge >= 0.3 is 12.8 Å². The molecule has 0 aliphatic carbocycles. The van der Waals surface area contributed by atoms with Crippen molar-refractivity contribution in [3.8, 4) is 5.75 Å². The molecule has 5 rings (SSSR count). The third-order valence-corrected chi connectivity index (χ3v) is 5.71. The Morgan fingerprint density at radius 1 is 1.19 bits per heavy atom. The van der Waals surface area contributed by atoms with Gasteiger partial charge < -0.3 is 19.8 Å². The number of H-pyrrole nitrogens is 1. The molecule has 2 N–H and O–H groups in total. The molecule has 2 atom stereocenters. The fourth-order valence-electron chi connectivity index (χ4n) is 4.16. The van der Waals surface area contributed by atoms with Crippen molar-refractivity contribution in [1.82, 2.24) is 19.9 Å². The molecule has 1 aromatic carbocycles. The van der Waals surface area contributed by atoms with Crippen molar-refractivity contribution in [3.05, 3.63) is 47.9 Å². The highest BCUT2D eigenvalue weighted by Gasteiger charge is 2.42.